The van der Waals surface area contributed by atoms with Crippen LogP contribution >= 0.6 is 0 Å². The van der Waals surface area contributed by atoms with E-state index >= 15 is 0 Å². The van der Waals surface area contributed by atoms with E-state index in [-0.39, 0.29) is 34.7 Å². The zero-order valence-electron chi connectivity index (χ0n) is 23.5. The molecule has 9 nitrogen and oxygen atoms in total. The van der Waals surface area contributed by atoms with Crippen LogP contribution in [0.5, 0.6) is 0 Å². The van der Waals surface area contributed by atoms with Gasteiger partial charge in [-0.05, 0) is 87.9 Å². The molecule has 3 N–H and O–H groups in total. The van der Waals surface area contributed by atoms with Crippen molar-refractivity contribution in [2.75, 3.05) is 20.3 Å². The third-order valence-electron chi connectivity index (χ3n) is 13.1. The zero-order valence-corrected chi connectivity index (χ0v) is 23.5. The summed E-state index contributed by atoms with van der Waals surface area (Å²) in [5, 5.41) is 33.7. The summed E-state index contributed by atoms with van der Waals surface area (Å²) in [6, 6.07) is 0. The van der Waals surface area contributed by atoms with Crippen molar-refractivity contribution >= 4 is 5.97 Å². The second kappa shape index (κ2) is 9.09. The van der Waals surface area contributed by atoms with Gasteiger partial charge in [0.05, 0.1) is 30.8 Å². The van der Waals surface area contributed by atoms with E-state index in [1.54, 1.807) is 6.92 Å². The van der Waals surface area contributed by atoms with Gasteiger partial charge in [-0.3, -0.25) is 4.79 Å². The Hall–Kier alpha value is -0.810. The molecule has 7 fully saturated rings. The minimum absolute atomic E-state index is 0.0175. The quantitative estimate of drug-likeness (QED) is 0.359. The van der Waals surface area contributed by atoms with E-state index in [1.165, 1.54) is 7.11 Å². The SMILES string of the molecule is CO[C@H]1[C@H](O)[C@H](O[C@H]2CC[C@]3(C)C4CC[C@]56CO[C@@]7(COC(=O)C7)[C@H]5CC[C@]6(O)C4CC[C@@H]3C2)O[C@@H](C)[C@@H]1O. The van der Waals surface area contributed by atoms with Gasteiger partial charge in [-0.15, -0.1) is 0 Å². The van der Waals surface area contributed by atoms with Gasteiger partial charge in [-0.2, -0.15) is 0 Å². The van der Waals surface area contributed by atoms with Crippen LogP contribution in [0.3, 0.4) is 0 Å². The molecule has 0 aromatic heterocycles. The van der Waals surface area contributed by atoms with Crippen molar-refractivity contribution in [1.82, 2.24) is 0 Å². The Morgan fingerprint density at radius 1 is 0.974 bits per heavy atom. The Bertz CT molecular complexity index is 991. The number of rotatable bonds is 3. The van der Waals surface area contributed by atoms with Gasteiger partial charge in [0.2, 0.25) is 0 Å². The molecular formula is C30H46O9. The molecule has 0 aromatic rings. The molecule has 4 aliphatic carbocycles. The molecule has 9 heteroatoms. The summed E-state index contributed by atoms with van der Waals surface area (Å²) in [6.45, 7) is 5.11. The van der Waals surface area contributed by atoms with Crippen LogP contribution in [0.1, 0.15) is 78.1 Å². The minimum Gasteiger partial charge on any atom is -0.462 e. The average molecular weight is 551 g/mol. The largest absolute Gasteiger partial charge is 0.462 e. The number of methoxy groups -OCH3 is 1. The first-order valence-electron chi connectivity index (χ1n) is 15.3. The normalized spacial score (nSPS) is 58.5. The van der Waals surface area contributed by atoms with Gasteiger partial charge >= 0.3 is 5.97 Å². The standard InChI is InChI=1S/C30H46O9/c1-16-23(32)25(35-3)24(33)26(38-16)39-18-6-9-27(2)17(12-18)4-5-20-19(27)7-10-28-14-37-29(13-22(31)36-15-29)21(28)8-11-30(20,28)34/h16-21,23-26,32-34H,4-15H2,1-3H3/t16-,17+,18-,19?,20?,21-,23-,24-,25+,26-,27-,28-,29-,30-/m0/s1. The molecule has 7 aliphatic rings. The van der Waals surface area contributed by atoms with E-state index in [2.05, 4.69) is 6.92 Å². The lowest BCUT2D eigenvalue weighted by Crippen LogP contribution is -2.64. The predicted molar refractivity (Wildman–Crippen MR) is 137 cm³/mol. The van der Waals surface area contributed by atoms with Gasteiger partial charge < -0.3 is 39.0 Å². The van der Waals surface area contributed by atoms with Crippen molar-refractivity contribution in [3.8, 4) is 0 Å². The van der Waals surface area contributed by atoms with Crippen molar-refractivity contribution in [3.63, 3.8) is 0 Å². The van der Waals surface area contributed by atoms with Crippen molar-refractivity contribution in [1.29, 1.82) is 0 Å². The number of cyclic esters (lactones) is 1. The fourth-order valence-corrected chi connectivity index (χ4v) is 11.0. The highest BCUT2D eigenvalue weighted by Crippen LogP contribution is 2.73. The molecule has 2 spiro atoms. The second-order valence-electron chi connectivity index (χ2n) is 14.3. The lowest BCUT2D eigenvalue weighted by atomic mass is 9.43. The smallest absolute Gasteiger partial charge is 0.308 e. The summed E-state index contributed by atoms with van der Waals surface area (Å²) in [6.07, 6.45) is 4.97. The number of hydrogen-bond donors (Lipinski definition) is 3. The number of esters is 1. The van der Waals surface area contributed by atoms with E-state index in [0.29, 0.717) is 31.5 Å². The van der Waals surface area contributed by atoms with Crippen molar-refractivity contribution in [3.05, 3.63) is 0 Å². The first-order valence-corrected chi connectivity index (χ1v) is 15.3. The van der Waals surface area contributed by atoms with Crippen LogP contribution in [0.4, 0.5) is 0 Å². The summed E-state index contributed by atoms with van der Waals surface area (Å²) in [5.41, 5.74) is -1.42. The molecular weight excluding hydrogens is 504 g/mol. The fourth-order valence-electron chi connectivity index (χ4n) is 11.0. The lowest BCUT2D eigenvalue weighted by Gasteiger charge is -2.63. The highest BCUT2D eigenvalue weighted by atomic mass is 16.7. The highest BCUT2D eigenvalue weighted by Gasteiger charge is 2.76. The van der Waals surface area contributed by atoms with Crippen LogP contribution in [0, 0.1) is 34.5 Å². The highest BCUT2D eigenvalue weighted by molar-refractivity contribution is 5.73. The van der Waals surface area contributed by atoms with Crippen LogP contribution < -0.4 is 0 Å². The Balaban J connectivity index is 1.06. The van der Waals surface area contributed by atoms with Crippen LogP contribution in [0.25, 0.3) is 0 Å². The van der Waals surface area contributed by atoms with Gasteiger partial charge in [0.1, 0.15) is 30.5 Å². The molecule has 14 atom stereocenters. The Kier molecular flexibility index (Phi) is 6.31. The molecule has 3 saturated heterocycles. The molecule has 2 unspecified atom stereocenters. The fraction of sp³-hybridized carbons (Fsp3) is 0.967. The third kappa shape index (κ3) is 3.59. The van der Waals surface area contributed by atoms with Crippen molar-refractivity contribution in [2.24, 2.45) is 34.5 Å². The number of carbonyl (C=O) groups is 1. The molecule has 0 amide bonds. The molecule has 0 bridgehead atoms. The van der Waals surface area contributed by atoms with Gasteiger partial charge in [0, 0.05) is 18.4 Å². The lowest BCUT2D eigenvalue weighted by molar-refractivity contribution is -0.313. The average Bonchev–Trinajstić information content (AvgIpc) is 3.54. The topological polar surface area (TPSA) is 124 Å². The van der Waals surface area contributed by atoms with E-state index in [9.17, 15) is 20.1 Å². The zero-order chi connectivity index (χ0) is 27.4. The first-order chi connectivity index (χ1) is 18.6. The van der Waals surface area contributed by atoms with Crippen LogP contribution in [-0.2, 0) is 28.5 Å². The number of ether oxygens (including phenoxy) is 5. The Morgan fingerprint density at radius 2 is 1.79 bits per heavy atom. The van der Waals surface area contributed by atoms with Gasteiger partial charge in [-0.1, -0.05) is 6.92 Å². The molecule has 39 heavy (non-hydrogen) atoms. The number of hydrogen-bond acceptors (Lipinski definition) is 9. The van der Waals surface area contributed by atoms with E-state index in [4.69, 9.17) is 23.7 Å². The molecule has 3 aliphatic heterocycles. The Morgan fingerprint density at radius 3 is 2.54 bits per heavy atom. The number of aliphatic hydroxyl groups excluding tert-OH is 2. The summed E-state index contributed by atoms with van der Waals surface area (Å²) in [5.74, 6) is 1.21. The Labute approximate surface area is 230 Å². The van der Waals surface area contributed by atoms with Crippen LogP contribution in [-0.4, -0.2) is 89.6 Å². The minimum atomic E-state index is -1.04. The maximum Gasteiger partial charge on any atom is 0.308 e. The molecule has 7 rings (SSSR count). The number of fused-ring (bicyclic) bond motifs is 5. The van der Waals surface area contributed by atoms with E-state index in [1.807, 2.05) is 0 Å². The van der Waals surface area contributed by atoms with Crippen molar-refractivity contribution in [2.45, 2.75) is 126 Å². The van der Waals surface area contributed by atoms with Gasteiger partial charge in [0.25, 0.3) is 0 Å². The maximum atomic E-state index is 12.6. The summed E-state index contributed by atoms with van der Waals surface area (Å²) in [4.78, 5) is 12.1. The molecule has 0 aromatic carbocycles. The number of carbonyl (C=O) groups excluding carboxylic acids is 1. The predicted octanol–water partition coefficient (Wildman–Crippen LogP) is 2.32. The summed E-state index contributed by atoms with van der Waals surface area (Å²) < 4.78 is 29.4. The molecule has 0 radical (unpaired) electrons. The molecule has 4 saturated carbocycles. The number of aliphatic hydroxyl groups is 3. The van der Waals surface area contributed by atoms with Crippen LogP contribution in [0.2, 0.25) is 0 Å². The first kappa shape index (κ1) is 27.0. The van der Waals surface area contributed by atoms with Crippen LogP contribution in [0.15, 0.2) is 0 Å². The summed E-state index contributed by atoms with van der Waals surface area (Å²) >= 11 is 0. The monoisotopic (exact) mass is 550 g/mol. The molecule has 3 heterocycles. The maximum absolute atomic E-state index is 12.6. The van der Waals surface area contributed by atoms with Gasteiger partial charge in [0.15, 0.2) is 6.29 Å². The van der Waals surface area contributed by atoms with E-state index in [0.717, 1.165) is 57.8 Å². The van der Waals surface area contributed by atoms with E-state index < -0.39 is 41.9 Å². The molecule has 220 valence electrons. The van der Waals surface area contributed by atoms with Gasteiger partial charge in [-0.25, -0.2) is 0 Å². The second-order valence-corrected chi connectivity index (χ2v) is 14.3. The van der Waals surface area contributed by atoms with Crippen molar-refractivity contribution < 1.29 is 43.8 Å². The summed E-state index contributed by atoms with van der Waals surface area (Å²) in [7, 11) is 1.49. The third-order valence-corrected chi connectivity index (χ3v) is 13.1.